The third-order valence-electron chi connectivity index (χ3n) is 2.43. The topological polar surface area (TPSA) is 66.3 Å². The van der Waals surface area contributed by atoms with E-state index in [0.29, 0.717) is 24.0 Å². The monoisotopic (exact) mass is 237 g/mol. The Hall–Kier alpha value is -1.65. The van der Waals surface area contributed by atoms with Gasteiger partial charge in [-0.25, -0.2) is 9.97 Å². The minimum Gasteiger partial charge on any atom is -0.481 e. The average Bonchev–Trinajstić information content (AvgIpc) is 2.25. The molecule has 94 valence electrons. The second-order valence-electron chi connectivity index (χ2n) is 4.70. The summed E-state index contributed by atoms with van der Waals surface area (Å²) < 4.78 is 0. The Labute approximate surface area is 102 Å². The van der Waals surface area contributed by atoms with Gasteiger partial charge in [0.25, 0.3) is 0 Å². The predicted molar refractivity (Wildman–Crippen MR) is 66.2 cm³/mol. The molecule has 0 saturated heterocycles. The normalized spacial score (nSPS) is 12.5. The van der Waals surface area contributed by atoms with E-state index in [-0.39, 0.29) is 0 Å². The summed E-state index contributed by atoms with van der Waals surface area (Å²) in [6, 6.07) is 1.67. The van der Waals surface area contributed by atoms with Gasteiger partial charge in [-0.2, -0.15) is 0 Å². The Morgan fingerprint density at radius 2 is 2.12 bits per heavy atom. The lowest BCUT2D eigenvalue weighted by Gasteiger charge is -2.16. The lowest BCUT2D eigenvalue weighted by atomic mass is 9.94. The molecule has 1 aromatic heterocycles. The van der Waals surface area contributed by atoms with Gasteiger partial charge in [-0.1, -0.05) is 13.8 Å². The third kappa shape index (κ3) is 3.69. The van der Waals surface area contributed by atoms with Crippen LogP contribution >= 0.6 is 0 Å². The standard InChI is InChI=1S/C12H19N3O2/c1-8(2)7-9(11(16)17)10-5-6-13-12(14-10)15(3)4/h5-6,8-9H,7H2,1-4H3,(H,16,17). The van der Waals surface area contributed by atoms with Crippen LogP contribution in [0, 0.1) is 5.92 Å². The number of rotatable bonds is 5. The maximum atomic E-state index is 11.2. The van der Waals surface area contributed by atoms with Crippen molar-refractivity contribution in [3.05, 3.63) is 18.0 Å². The minimum absolute atomic E-state index is 0.314. The van der Waals surface area contributed by atoms with E-state index in [0.717, 1.165) is 0 Å². The number of carboxylic acids is 1. The summed E-state index contributed by atoms with van der Waals surface area (Å²) in [5.41, 5.74) is 0.574. The molecule has 0 spiro atoms. The second-order valence-corrected chi connectivity index (χ2v) is 4.70. The van der Waals surface area contributed by atoms with Gasteiger partial charge in [-0.05, 0) is 18.4 Å². The van der Waals surface area contributed by atoms with Crippen LogP contribution in [-0.2, 0) is 4.79 Å². The van der Waals surface area contributed by atoms with E-state index in [1.807, 2.05) is 27.9 Å². The van der Waals surface area contributed by atoms with Crippen molar-refractivity contribution in [1.29, 1.82) is 0 Å². The summed E-state index contributed by atoms with van der Waals surface area (Å²) in [6.45, 7) is 4.01. The maximum absolute atomic E-state index is 11.2. The average molecular weight is 237 g/mol. The maximum Gasteiger partial charge on any atom is 0.312 e. The summed E-state index contributed by atoms with van der Waals surface area (Å²) in [4.78, 5) is 21.4. The first kappa shape index (κ1) is 13.4. The molecule has 1 N–H and O–H groups in total. The highest BCUT2D eigenvalue weighted by Crippen LogP contribution is 2.23. The quantitative estimate of drug-likeness (QED) is 0.845. The van der Waals surface area contributed by atoms with Crippen molar-refractivity contribution in [3.8, 4) is 0 Å². The smallest absolute Gasteiger partial charge is 0.312 e. The molecule has 0 radical (unpaired) electrons. The van der Waals surface area contributed by atoms with Gasteiger partial charge in [0.15, 0.2) is 0 Å². The first-order valence-corrected chi connectivity index (χ1v) is 5.65. The molecule has 1 aromatic rings. The number of aliphatic carboxylic acids is 1. The molecule has 0 amide bonds. The van der Waals surface area contributed by atoms with Crippen molar-refractivity contribution in [2.24, 2.45) is 5.92 Å². The van der Waals surface area contributed by atoms with Gasteiger partial charge in [0.1, 0.15) is 0 Å². The van der Waals surface area contributed by atoms with Gasteiger partial charge in [0, 0.05) is 20.3 Å². The Morgan fingerprint density at radius 3 is 2.59 bits per heavy atom. The summed E-state index contributed by atoms with van der Waals surface area (Å²) in [6.07, 6.45) is 2.19. The third-order valence-corrected chi connectivity index (χ3v) is 2.43. The van der Waals surface area contributed by atoms with E-state index in [9.17, 15) is 9.90 Å². The molecule has 1 unspecified atom stereocenters. The zero-order chi connectivity index (χ0) is 13.0. The molecule has 0 aromatic carbocycles. The lowest BCUT2D eigenvalue weighted by Crippen LogP contribution is -2.18. The van der Waals surface area contributed by atoms with Crippen molar-refractivity contribution >= 4 is 11.9 Å². The molecule has 1 rings (SSSR count). The SMILES string of the molecule is CC(C)CC(C(=O)O)c1ccnc(N(C)C)n1. The Balaban J connectivity index is 3.01. The first-order valence-electron chi connectivity index (χ1n) is 5.65. The second kappa shape index (κ2) is 5.61. The fraction of sp³-hybridized carbons (Fsp3) is 0.583. The molecular formula is C12H19N3O2. The summed E-state index contributed by atoms with van der Waals surface area (Å²) in [5, 5.41) is 9.23. The molecule has 0 bridgehead atoms. The van der Waals surface area contributed by atoms with Crippen LogP contribution < -0.4 is 4.90 Å². The largest absolute Gasteiger partial charge is 0.481 e. The molecule has 0 aliphatic heterocycles. The molecular weight excluding hydrogens is 218 g/mol. The molecule has 5 heteroatoms. The van der Waals surface area contributed by atoms with Crippen molar-refractivity contribution in [3.63, 3.8) is 0 Å². The van der Waals surface area contributed by atoms with Gasteiger partial charge in [0.2, 0.25) is 5.95 Å². The van der Waals surface area contributed by atoms with Crippen molar-refractivity contribution in [1.82, 2.24) is 9.97 Å². The van der Waals surface area contributed by atoms with Gasteiger partial charge < -0.3 is 10.0 Å². The summed E-state index contributed by atoms with van der Waals surface area (Å²) >= 11 is 0. The van der Waals surface area contributed by atoms with Crippen LogP contribution in [0.1, 0.15) is 31.9 Å². The molecule has 17 heavy (non-hydrogen) atoms. The summed E-state index contributed by atoms with van der Waals surface area (Å²) in [5.74, 6) is -0.537. The zero-order valence-electron chi connectivity index (χ0n) is 10.7. The number of carboxylic acid groups (broad SMARTS) is 1. The van der Waals surface area contributed by atoms with Crippen LogP contribution in [0.5, 0.6) is 0 Å². The van der Waals surface area contributed by atoms with E-state index < -0.39 is 11.9 Å². The highest BCUT2D eigenvalue weighted by Gasteiger charge is 2.23. The molecule has 0 aliphatic rings. The van der Waals surface area contributed by atoms with Crippen LogP contribution in [0.15, 0.2) is 12.3 Å². The van der Waals surface area contributed by atoms with Crippen molar-refractivity contribution < 1.29 is 9.90 Å². The number of nitrogens with zero attached hydrogens (tertiary/aromatic N) is 3. The van der Waals surface area contributed by atoms with Crippen LogP contribution in [0.25, 0.3) is 0 Å². The van der Waals surface area contributed by atoms with Crippen LogP contribution in [0.3, 0.4) is 0 Å². The lowest BCUT2D eigenvalue weighted by molar-refractivity contribution is -0.139. The highest BCUT2D eigenvalue weighted by molar-refractivity contribution is 5.75. The molecule has 5 nitrogen and oxygen atoms in total. The Bertz CT molecular complexity index is 391. The molecule has 1 heterocycles. The molecule has 0 saturated carbocycles. The Kier molecular flexibility index (Phi) is 4.43. The van der Waals surface area contributed by atoms with Crippen molar-refractivity contribution in [2.45, 2.75) is 26.2 Å². The van der Waals surface area contributed by atoms with Crippen LogP contribution in [0.4, 0.5) is 5.95 Å². The van der Waals surface area contributed by atoms with Gasteiger partial charge >= 0.3 is 5.97 Å². The summed E-state index contributed by atoms with van der Waals surface area (Å²) in [7, 11) is 3.66. The number of anilines is 1. The minimum atomic E-state index is -0.831. The molecule has 0 aliphatic carbocycles. The predicted octanol–water partition coefficient (Wildman–Crippen LogP) is 1.76. The van der Waals surface area contributed by atoms with Crippen molar-refractivity contribution in [2.75, 3.05) is 19.0 Å². The van der Waals surface area contributed by atoms with E-state index in [1.54, 1.807) is 17.2 Å². The first-order chi connectivity index (χ1) is 7.91. The number of carbonyl (C=O) groups is 1. The fourth-order valence-electron chi connectivity index (χ4n) is 1.59. The Morgan fingerprint density at radius 1 is 1.47 bits per heavy atom. The van der Waals surface area contributed by atoms with Gasteiger partial charge in [-0.3, -0.25) is 4.79 Å². The molecule has 0 fully saturated rings. The fourth-order valence-corrected chi connectivity index (χ4v) is 1.59. The van der Waals surface area contributed by atoms with E-state index in [4.69, 9.17) is 0 Å². The van der Waals surface area contributed by atoms with Crippen LogP contribution in [-0.4, -0.2) is 35.1 Å². The van der Waals surface area contributed by atoms with E-state index >= 15 is 0 Å². The van der Waals surface area contributed by atoms with Crippen LogP contribution in [0.2, 0.25) is 0 Å². The zero-order valence-corrected chi connectivity index (χ0v) is 10.7. The number of aromatic nitrogens is 2. The number of hydrogen-bond donors (Lipinski definition) is 1. The van der Waals surface area contributed by atoms with E-state index in [1.165, 1.54) is 0 Å². The van der Waals surface area contributed by atoms with Gasteiger partial charge in [-0.15, -0.1) is 0 Å². The van der Waals surface area contributed by atoms with E-state index in [2.05, 4.69) is 9.97 Å². The molecule has 1 atom stereocenters. The highest BCUT2D eigenvalue weighted by atomic mass is 16.4. The number of hydrogen-bond acceptors (Lipinski definition) is 4. The van der Waals surface area contributed by atoms with Gasteiger partial charge in [0.05, 0.1) is 11.6 Å².